The minimum absolute atomic E-state index is 0.0728. The number of para-hydroxylation sites is 1. The fourth-order valence-electron chi connectivity index (χ4n) is 1.92. The highest BCUT2D eigenvalue weighted by molar-refractivity contribution is 5.95. The summed E-state index contributed by atoms with van der Waals surface area (Å²) in [6.45, 7) is 1.31. The number of ether oxygens (including phenoxy) is 2. The quantitative estimate of drug-likeness (QED) is 0.363. The predicted octanol–water partition coefficient (Wildman–Crippen LogP) is 3.38. The van der Waals surface area contributed by atoms with Gasteiger partial charge >= 0.3 is 11.7 Å². The average Bonchev–Trinajstić information content (AvgIpc) is 2.54. The Kier molecular flexibility index (Phi) is 4.70. The number of hydrogen-bond acceptors (Lipinski definition) is 6. The smallest absolute Gasteiger partial charge is 0.341 e. The van der Waals surface area contributed by atoms with Gasteiger partial charge in [0.25, 0.3) is 0 Å². The van der Waals surface area contributed by atoms with E-state index in [1.807, 2.05) is 0 Å². The Morgan fingerprint density at radius 2 is 1.78 bits per heavy atom. The molecule has 0 fully saturated rings. The second kappa shape index (κ2) is 6.69. The monoisotopic (exact) mass is 315 g/mol. The molecule has 0 aliphatic heterocycles. The summed E-state index contributed by atoms with van der Waals surface area (Å²) in [5.41, 5.74) is -0.0254. The van der Waals surface area contributed by atoms with Crippen LogP contribution in [0.3, 0.4) is 0 Å². The molecular weight excluding hydrogens is 302 g/mol. The third-order valence-corrected chi connectivity index (χ3v) is 3.07. The van der Waals surface area contributed by atoms with Crippen molar-refractivity contribution in [3.05, 3.63) is 63.7 Å². The zero-order chi connectivity index (χ0) is 17.0. The van der Waals surface area contributed by atoms with Crippen LogP contribution < -0.4 is 4.74 Å². The molecule has 0 saturated heterocycles. The minimum atomic E-state index is -0.650. The number of carbonyl (C=O) groups excluding carboxylic acids is 2. The van der Waals surface area contributed by atoms with E-state index in [2.05, 4.69) is 4.74 Å². The van der Waals surface area contributed by atoms with Gasteiger partial charge in [-0.3, -0.25) is 14.9 Å². The van der Waals surface area contributed by atoms with Crippen molar-refractivity contribution in [2.75, 3.05) is 7.11 Å². The lowest BCUT2D eigenvalue weighted by Crippen LogP contribution is -2.04. The normalized spacial score (nSPS) is 10.0. The van der Waals surface area contributed by atoms with Crippen LogP contribution in [0.2, 0.25) is 0 Å². The van der Waals surface area contributed by atoms with Gasteiger partial charge in [-0.15, -0.1) is 0 Å². The Bertz CT molecular complexity index is 784. The maximum atomic E-state index is 11.7. The summed E-state index contributed by atoms with van der Waals surface area (Å²) in [6, 6.07) is 10.1. The van der Waals surface area contributed by atoms with Gasteiger partial charge in [-0.2, -0.15) is 0 Å². The molecule has 0 aliphatic carbocycles. The van der Waals surface area contributed by atoms with E-state index in [9.17, 15) is 19.7 Å². The van der Waals surface area contributed by atoms with Crippen LogP contribution in [0.4, 0.5) is 5.69 Å². The maximum absolute atomic E-state index is 11.7. The first-order valence-corrected chi connectivity index (χ1v) is 6.58. The van der Waals surface area contributed by atoms with Crippen molar-refractivity contribution in [1.82, 2.24) is 0 Å². The molecular formula is C16H13NO6. The number of nitrogens with zero attached hydrogens (tertiary/aromatic N) is 1. The minimum Gasteiger partial charge on any atom is -0.465 e. The molecule has 0 amide bonds. The fourth-order valence-corrected chi connectivity index (χ4v) is 1.92. The van der Waals surface area contributed by atoms with Crippen molar-refractivity contribution >= 4 is 17.4 Å². The summed E-state index contributed by atoms with van der Waals surface area (Å²) in [5, 5.41) is 11.2. The molecule has 0 heterocycles. The molecule has 2 rings (SSSR count). The molecule has 0 radical (unpaired) electrons. The summed E-state index contributed by atoms with van der Waals surface area (Å²) >= 11 is 0. The number of hydrogen-bond donors (Lipinski definition) is 0. The van der Waals surface area contributed by atoms with Gasteiger partial charge in [0.1, 0.15) is 11.3 Å². The number of esters is 1. The molecule has 7 heteroatoms. The average molecular weight is 315 g/mol. The standard InChI is InChI=1S/C16H13NO6/c1-10(18)11-7-8-15(13(9-11)17(20)21)23-14-6-4-3-5-12(14)16(19)22-2/h3-9H,1-2H3. The molecule has 0 N–H and O–H groups in total. The Labute approximate surface area is 131 Å². The van der Waals surface area contributed by atoms with Gasteiger partial charge in [0, 0.05) is 11.6 Å². The third kappa shape index (κ3) is 3.52. The molecule has 23 heavy (non-hydrogen) atoms. The van der Waals surface area contributed by atoms with Gasteiger partial charge in [-0.05, 0) is 31.2 Å². The predicted molar refractivity (Wildman–Crippen MR) is 81.0 cm³/mol. The number of nitro benzene ring substituents is 1. The van der Waals surface area contributed by atoms with Gasteiger partial charge in [-0.25, -0.2) is 4.79 Å². The Morgan fingerprint density at radius 1 is 1.09 bits per heavy atom. The molecule has 118 valence electrons. The second-order valence-electron chi connectivity index (χ2n) is 4.59. The van der Waals surface area contributed by atoms with Gasteiger partial charge in [0.15, 0.2) is 5.78 Å². The molecule has 2 aromatic carbocycles. The summed E-state index contributed by atoms with van der Waals surface area (Å²) < 4.78 is 10.2. The van der Waals surface area contributed by atoms with Crippen LogP contribution in [0.5, 0.6) is 11.5 Å². The fraction of sp³-hybridized carbons (Fsp3) is 0.125. The molecule has 0 aliphatic rings. The highest BCUT2D eigenvalue weighted by Crippen LogP contribution is 2.34. The number of ketones is 1. The molecule has 0 saturated carbocycles. The van der Waals surface area contributed by atoms with E-state index in [0.29, 0.717) is 0 Å². The molecule has 0 aromatic heterocycles. The number of nitro groups is 1. The van der Waals surface area contributed by atoms with E-state index in [0.717, 1.165) is 6.07 Å². The van der Waals surface area contributed by atoms with E-state index in [1.54, 1.807) is 12.1 Å². The van der Waals surface area contributed by atoms with Crippen molar-refractivity contribution in [3.8, 4) is 11.5 Å². The van der Waals surface area contributed by atoms with Crippen molar-refractivity contribution in [2.45, 2.75) is 6.92 Å². The number of carbonyl (C=O) groups is 2. The summed E-state index contributed by atoms with van der Waals surface area (Å²) in [6.07, 6.45) is 0. The van der Waals surface area contributed by atoms with E-state index < -0.39 is 10.9 Å². The number of methoxy groups -OCH3 is 1. The van der Waals surface area contributed by atoms with E-state index in [4.69, 9.17) is 4.74 Å². The summed E-state index contributed by atoms with van der Waals surface area (Å²) in [4.78, 5) is 33.6. The largest absolute Gasteiger partial charge is 0.465 e. The number of rotatable bonds is 5. The highest BCUT2D eigenvalue weighted by Gasteiger charge is 2.20. The summed E-state index contributed by atoms with van der Waals surface area (Å²) in [5.74, 6) is -0.868. The van der Waals surface area contributed by atoms with Gasteiger partial charge in [0.2, 0.25) is 5.75 Å². The first-order valence-electron chi connectivity index (χ1n) is 6.58. The molecule has 0 unspecified atom stereocenters. The zero-order valence-corrected chi connectivity index (χ0v) is 12.4. The van der Waals surface area contributed by atoms with Crippen LogP contribution >= 0.6 is 0 Å². The topological polar surface area (TPSA) is 95.7 Å². The van der Waals surface area contributed by atoms with Crippen LogP contribution in [0.15, 0.2) is 42.5 Å². The van der Waals surface area contributed by atoms with E-state index in [-0.39, 0.29) is 34.1 Å². The van der Waals surface area contributed by atoms with E-state index >= 15 is 0 Å². The third-order valence-electron chi connectivity index (χ3n) is 3.07. The van der Waals surface area contributed by atoms with Crippen LogP contribution in [0.1, 0.15) is 27.6 Å². The van der Waals surface area contributed by atoms with Crippen LogP contribution in [0.25, 0.3) is 0 Å². The Morgan fingerprint density at radius 3 is 2.39 bits per heavy atom. The van der Waals surface area contributed by atoms with Gasteiger partial charge in [0.05, 0.1) is 12.0 Å². The number of Topliss-reactive ketones (excluding diaryl/α,β-unsaturated/α-hetero) is 1. The van der Waals surface area contributed by atoms with Crippen molar-refractivity contribution in [2.24, 2.45) is 0 Å². The lowest BCUT2D eigenvalue weighted by Gasteiger charge is -2.10. The number of benzene rings is 2. The van der Waals surface area contributed by atoms with Gasteiger partial charge in [-0.1, -0.05) is 12.1 Å². The SMILES string of the molecule is COC(=O)c1ccccc1Oc1ccc(C(C)=O)cc1[N+](=O)[O-]. The Balaban J connectivity index is 2.47. The lowest BCUT2D eigenvalue weighted by atomic mass is 10.1. The molecule has 7 nitrogen and oxygen atoms in total. The van der Waals surface area contributed by atoms with Crippen molar-refractivity contribution in [3.63, 3.8) is 0 Å². The van der Waals surface area contributed by atoms with Crippen LogP contribution in [0, 0.1) is 10.1 Å². The van der Waals surface area contributed by atoms with Gasteiger partial charge < -0.3 is 9.47 Å². The molecule has 0 bridgehead atoms. The second-order valence-corrected chi connectivity index (χ2v) is 4.59. The lowest BCUT2D eigenvalue weighted by molar-refractivity contribution is -0.385. The van der Waals surface area contributed by atoms with Crippen molar-refractivity contribution < 1.29 is 24.0 Å². The molecule has 0 atom stereocenters. The first kappa shape index (κ1) is 16.2. The maximum Gasteiger partial charge on any atom is 0.341 e. The summed E-state index contributed by atoms with van der Waals surface area (Å²) in [7, 11) is 1.23. The van der Waals surface area contributed by atoms with Crippen LogP contribution in [-0.4, -0.2) is 23.8 Å². The van der Waals surface area contributed by atoms with Crippen molar-refractivity contribution in [1.29, 1.82) is 0 Å². The molecule has 2 aromatic rings. The highest BCUT2D eigenvalue weighted by atomic mass is 16.6. The molecule has 0 spiro atoms. The van der Waals surface area contributed by atoms with E-state index in [1.165, 1.54) is 38.3 Å². The first-order chi connectivity index (χ1) is 10.9. The van der Waals surface area contributed by atoms with Crippen LogP contribution in [-0.2, 0) is 4.74 Å². The zero-order valence-electron chi connectivity index (χ0n) is 12.4. The Hall–Kier alpha value is -3.22.